The van der Waals surface area contributed by atoms with Gasteiger partial charge in [-0.1, -0.05) is 0 Å². The van der Waals surface area contributed by atoms with Crippen molar-refractivity contribution in [3.8, 4) is 0 Å². The van der Waals surface area contributed by atoms with Crippen molar-refractivity contribution in [2.75, 3.05) is 6.54 Å². The number of urea groups is 1. The molecule has 0 aromatic carbocycles. The summed E-state index contributed by atoms with van der Waals surface area (Å²) in [5.41, 5.74) is 0.451. The Morgan fingerprint density at radius 2 is 1.95 bits per heavy atom. The number of rotatable bonds is 7. The lowest BCUT2D eigenvalue weighted by Crippen LogP contribution is -2.50. The Kier molecular flexibility index (Phi) is 6.14. The number of aromatic nitrogens is 1. The van der Waals surface area contributed by atoms with Crippen LogP contribution >= 0.6 is 0 Å². The summed E-state index contributed by atoms with van der Waals surface area (Å²) in [6, 6.07) is 3.54. The molecule has 2 amide bonds. The lowest BCUT2D eigenvalue weighted by molar-refractivity contribution is -0.137. The Balaban J connectivity index is 2.60. The average Bonchev–Trinajstić information content (AvgIpc) is 2.43. The van der Waals surface area contributed by atoms with Gasteiger partial charge in [-0.15, -0.1) is 0 Å². The number of carbonyl (C=O) groups is 2. The van der Waals surface area contributed by atoms with Crippen molar-refractivity contribution in [2.24, 2.45) is 0 Å². The van der Waals surface area contributed by atoms with Crippen LogP contribution in [0.1, 0.15) is 39.2 Å². The number of pyridine rings is 1. The highest BCUT2D eigenvalue weighted by Crippen LogP contribution is 2.13. The van der Waals surface area contributed by atoms with Gasteiger partial charge in [0.25, 0.3) is 0 Å². The summed E-state index contributed by atoms with van der Waals surface area (Å²) in [7, 11) is 0. The molecule has 1 aromatic heterocycles. The van der Waals surface area contributed by atoms with Crippen LogP contribution in [0.5, 0.6) is 0 Å². The van der Waals surface area contributed by atoms with Gasteiger partial charge in [0.1, 0.15) is 0 Å². The monoisotopic (exact) mass is 293 g/mol. The minimum absolute atomic E-state index is 0.0315. The Bertz CT molecular complexity index is 474. The average molecular weight is 293 g/mol. The van der Waals surface area contributed by atoms with E-state index in [0.717, 1.165) is 5.56 Å². The van der Waals surface area contributed by atoms with Crippen LogP contribution in [-0.2, 0) is 11.3 Å². The molecular weight excluding hydrogens is 270 g/mol. The van der Waals surface area contributed by atoms with E-state index < -0.39 is 11.5 Å². The number of carbonyl (C=O) groups excluding carboxylic acids is 1. The van der Waals surface area contributed by atoms with Crippen LogP contribution in [0, 0.1) is 0 Å². The quantitative estimate of drug-likeness (QED) is 0.807. The van der Waals surface area contributed by atoms with Gasteiger partial charge in [0, 0.05) is 37.4 Å². The zero-order valence-electron chi connectivity index (χ0n) is 12.8. The molecule has 0 unspecified atom stereocenters. The lowest BCUT2D eigenvalue weighted by atomic mass is 9.99. The minimum atomic E-state index is -0.860. The Hall–Kier alpha value is -2.11. The van der Waals surface area contributed by atoms with Gasteiger partial charge in [0.15, 0.2) is 0 Å². The molecule has 0 aliphatic heterocycles. The highest BCUT2D eigenvalue weighted by Gasteiger charge is 2.24. The van der Waals surface area contributed by atoms with E-state index in [4.69, 9.17) is 5.11 Å². The van der Waals surface area contributed by atoms with Gasteiger partial charge in [-0.3, -0.25) is 9.78 Å². The standard InChI is InChI=1S/C15H23N3O3/c1-4-18(11-12-6-9-16-10-7-12)14(21)17-15(2,3)8-5-13(19)20/h6-7,9-10H,4-5,8,11H2,1-3H3,(H,17,21)(H,19,20). The summed E-state index contributed by atoms with van der Waals surface area (Å²) in [6.07, 6.45) is 3.81. The third-order valence-corrected chi connectivity index (χ3v) is 3.20. The fourth-order valence-corrected chi connectivity index (χ4v) is 1.89. The molecule has 6 nitrogen and oxygen atoms in total. The zero-order chi connectivity index (χ0) is 15.9. The molecule has 0 fully saturated rings. The molecule has 1 heterocycles. The van der Waals surface area contributed by atoms with Gasteiger partial charge in [-0.25, -0.2) is 4.79 Å². The van der Waals surface area contributed by atoms with E-state index in [1.807, 2.05) is 32.9 Å². The first kappa shape index (κ1) is 16.9. The van der Waals surface area contributed by atoms with E-state index in [2.05, 4.69) is 10.3 Å². The Morgan fingerprint density at radius 1 is 1.33 bits per heavy atom. The van der Waals surface area contributed by atoms with E-state index in [9.17, 15) is 9.59 Å². The van der Waals surface area contributed by atoms with Crippen molar-refractivity contribution in [1.82, 2.24) is 15.2 Å². The topological polar surface area (TPSA) is 82.5 Å². The van der Waals surface area contributed by atoms with Crippen molar-refractivity contribution in [2.45, 2.75) is 45.7 Å². The predicted octanol–water partition coefficient (Wildman–Crippen LogP) is 2.26. The number of aliphatic carboxylic acids is 1. The molecule has 0 atom stereocenters. The molecule has 0 saturated carbocycles. The normalized spacial score (nSPS) is 11.0. The Labute approximate surface area is 125 Å². The number of carboxylic acids is 1. The second kappa shape index (κ2) is 7.61. The third-order valence-electron chi connectivity index (χ3n) is 3.20. The number of nitrogens with one attached hydrogen (secondary N) is 1. The molecule has 0 bridgehead atoms. The molecule has 0 radical (unpaired) electrons. The second-order valence-corrected chi connectivity index (χ2v) is 5.58. The molecule has 1 rings (SSSR count). The van der Waals surface area contributed by atoms with Gasteiger partial charge in [-0.2, -0.15) is 0 Å². The molecule has 0 aliphatic carbocycles. The molecular formula is C15H23N3O3. The molecule has 2 N–H and O–H groups in total. The molecule has 0 saturated heterocycles. The Morgan fingerprint density at radius 3 is 2.48 bits per heavy atom. The highest BCUT2D eigenvalue weighted by atomic mass is 16.4. The van der Waals surface area contributed by atoms with Crippen molar-refractivity contribution >= 4 is 12.0 Å². The summed E-state index contributed by atoms with van der Waals surface area (Å²) in [6.45, 7) is 6.64. The molecule has 0 aliphatic rings. The minimum Gasteiger partial charge on any atom is -0.481 e. The fourth-order valence-electron chi connectivity index (χ4n) is 1.89. The molecule has 1 aromatic rings. The van der Waals surface area contributed by atoms with Crippen molar-refractivity contribution in [3.63, 3.8) is 0 Å². The smallest absolute Gasteiger partial charge is 0.318 e. The first-order valence-corrected chi connectivity index (χ1v) is 7.02. The van der Waals surface area contributed by atoms with E-state index in [1.165, 1.54) is 0 Å². The number of hydrogen-bond donors (Lipinski definition) is 2. The summed E-state index contributed by atoms with van der Waals surface area (Å²) in [4.78, 5) is 28.6. The number of nitrogens with zero attached hydrogens (tertiary/aromatic N) is 2. The van der Waals surface area contributed by atoms with Gasteiger partial charge in [0.2, 0.25) is 0 Å². The van der Waals surface area contributed by atoms with Crippen LogP contribution < -0.4 is 5.32 Å². The molecule has 6 heteroatoms. The fraction of sp³-hybridized carbons (Fsp3) is 0.533. The van der Waals surface area contributed by atoms with Gasteiger partial charge in [-0.05, 0) is 44.9 Å². The van der Waals surface area contributed by atoms with Crippen LogP contribution in [0.2, 0.25) is 0 Å². The van der Waals surface area contributed by atoms with Crippen LogP contribution in [0.4, 0.5) is 4.79 Å². The maximum absolute atomic E-state index is 12.3. The lowest BCUT2D eigenvalue weighted by Gasteiger charge is -2.30. The SMILES string of the molecule is CCN(Cc1ccncc1)C(=O)NC(C)(C)CCC(=O)O. The molecule has 0 spiro atoms. The van der Waals surface area contributed by atoms with Crippen LogP contribution in [0.25, 0.3) is 0 Å². The van der Waals surface area contributed by atoms with E-state index >= 15 is 0 Å². The maximum Gasteiger partial charge on any atom is 0.318 e. The highest BCUT2D eigenvalue weighted by molar-refractivity contribution is 5.75. The van der Waals surface area contributed by atoms with E-state index in [1.54, 1.807) is 17.3 Å². The first-order chi connectivity index (χ1) is 9.84. The largest absolute Gasteiger partial charge is 0.481 e. The van der Waals surface area contributed by atoms with E-state index in [0.29, 0.717) is 19.5 Å². The van der Waals surface area contributed by atoms with Crippen LogP contribution in [0.3, 0.4) is 0 Å². The van der Waals surface area contributed by atoms with Gasteiger partial charge in [0.05, 0.1) is 0 Å². The summed E-state index contributed by atoms with van der Waals surface area (Å²) >= 11 is 0. The molecule has 116 valence electrons. The third kappa shape index (κ3) is 6.25. The van der Waals surface area contributed by atoms with Crippen LogP contribution in [0.15, 0.2) is 24.5 Å². The van der Waals surface area contributed by atoms with Crippen molar-refractivity contribution in [1.29, 1.82) is 0 Å². The van der Waals surface area contributed by atoms with Crippen LogP contribution in [-0.4, -0.2) is 39.1 Å². The number of carboxylic acid groups (broad SMARTS) is 1. The summed E-state index contributed by atoms with van der Waals surface area (Å²) in [5, 5.41) is 11.6. The zero-order valence-corrected chi connectivity index (χ0v) is 12.8. The number of amides is 2. The summed E-state index contributed by atoms with van der Waals surface area (Å²) in [5.74, 6) is -0.860. The predicted molar refractivity (Wildman–Crippen MR) is 79.8 cm³/mol. The van der Waals surface area contributed by atoms with Gasteiger partial charge < -0.3 is 15.3 Å². The first-order valence-electron chi connectivity index (χ1n) is 7.02. The van der Waals surface area contributed by atoms with Crippen molar-refractivity contribution < 1.29 is 14.7 Å². The number of hydrogen-bond acceptors (Lipinski definition) is 3. The summed E-state index contributed by atoms with van der Waals surface area (Å²) < 4.78 is 0. The molecule has 21 heavy (non-hydrogen) atoms. The maximum atomic E-state index is 12.3. The van der Waals surface area contributed by atoms with E-state index in [-0.39, 0.29) is 12.5 Å². The second-order valence-electron chi connectivity index (χ2n) is 5.58. The van der Waals surface area contributed by atoms with Crippen molar-refractivity contribution in [3.05, 3.63) is 30.1 Å². The van der Waals surface area contributed by atoms with Gasteiger partial charge >= 0.3 is 12.0 Å².